The molecule has 6 nitrogen and oxygen atoms in total. The summed E-state index contributed by atoms with van der Waals surface area (Å²) in [6.07, 6.45) is 2.68. The Morgan fingerprint density at radius 3 is 2.45 bits per heavy atom. The minimum Gasteiger partial charge on any atom is -0.376 e. The zero-order valence-electron chi connectivity index (χ0n) is 14.2. The number of morpholine rings is 1. The topological polar surface area (TPSA) is 54.6 Å². The predicted molar refractivity (Wildman–Crippen MR) is 85.2 cm³/mol. The molecule has 1 aromatic rings. The first-order valence-electron chi connectivity index (χ1n) is 8.38. The summed E-state index contributed by atoms with van der Waals surface area (Å²) in [7, 11) is 0. The molecule has 0 amide bonds. The first kappa shape index (κ1) is 15.7. The van der Waals surface area contributed by atoms with Crippen molar-refractivity contribution >= 4 is 5.95 Å². The molecule has 0 aliphatic carbocycles. The number of aromatic nitrogens is 2. The van der Waals surface area contributed by atoms with E-state index >= 15 is 0 Å². The highest BCUT2D eigenvalue weighted by atomic mass is 16.5. The van der Waals surface area contributed by atoms with E-state index in [1.807, 2.05) is 0 Å². The van der Waals surface area contributed by atoms with Crippen molar-refractivity contribution in [2.75, 3.05) is 37.7 Å². The number of nitrogens with zero attached hydrogens (tertiary/aromatic N) is 4. The standard InChI is InChI=1S/C16H28N4O2/c1-12-11-20(9-10-21-12)13-5-7-19(8-6-13)15-17-14(22-18-15)16(2,3)4/h12-13H,5-11H2,1-4H3/t12-/m1/s1. The highest BCUT2D eigenvalue weighted by Crippen LogP contribution is 2.25. The zero-order valence-corrected chi connectivity index (χ0v) is 14.2. The van der Waals surface area contributed by atoms with Crippen molar-refractivity contribution in [1.29, 1.82) is 0 Å². The molecule has 0 aromatic carbocycles. The van der Waals surface area contributed by atoms with Gasteiger partial charge < -0.3 is 14.2 Å². The van der Waals surface area contributed by atoms with Gasteiger partial charge in [0.15, 0.2) is 0 Å². The molecule has 0 N–H and O–H groups in total. The molecule has 2 aliphatic heterocycles. The van der Waals surface area contributed by atoms with Crippen LogP contribution in [0.3, 0.4) is 0 Å². The van der Waals surface area contributed by atoms with E-state index < -0.39 is 0 Å². The summed E-state index contributed by atoms with van der Waals surface area (Å²) >= 11 is 0. The zero-order chi connectivity index (χ0) is 15.7. The molecule has 1 aromatic heterocycles. The average molecular weight is 308 g/mol. The fraction of sp³-hybridized carbons (Fsp3) is 0.875. The molecule has 0 bridgehead atoms. The van der Waals surface area contributed by atoms with Gasteiger partial charge in [-0.15, -0.1) is 0 Å². The lowest BCUT2D eigenvalue weighted by atomic mass is 9.97. The van der Waals surface area contributed by atoms with Gasteiger partial charge in [0.25, 0.3) is 5.95 Å². The van der Waals surface area contributed by atoms with E-state index in [9.17, 15) is 0 Å². The number of rotatable bonds is 2. The summed E-state index contributed by atoms with van der Waals surface area (Å²) in [5.74, 6) is 1.46. The van der Waals surface area contributed by atoms with Crippen LogP contribution in [-0.4, -0.2) is 60.0 Å². The molecule has 22 heavy (non-hydrogen) atoms. The Kier molecular flexibility index (Phi) is 4.41. The van der Waals surface area contributed by atoms with Crippen LogP contribution < -0.4 is 4.90 Å². The summed E-state index contributed by atoms with van der Waals surface area (Å²) < 4.78 is 11.0. The minimum absolute atomic E-state index is 0.0898. The van der Waals surface area contributed by atoms with Gasteiger partial charge in [-0.1, -0.05) is 20.8 Å². The Labute approximate surface area is 132 Å². The number of hydrogen-bond acceptors (Lipinski definition) is 6. The Balaban J connectivity index is 1.56. The Hall–Kier alpha value is -1.14. The van der Waals surface area contributed by atoms with Gasteiger partial charge in [-0.2, -0.15) is 4.98 Å². The molecule has 3 heterocycles. The van der Waals surface area contributed by atoms with Crippen LogP contribution in [0, 0.1) is 0 Å². The average Bonchev–Trinajstić information content (AvgIpc) is 2.97. The van der Waals surface area contributed by atoms with Crippen LogP contribution in [0.5, 0.6) is 0 Å². The van der Waals surface area contributed by atoms with Crippen molar-refractivity contribution < 1.29 is 9.26 Å². The third-order valence-corrected chi connectivity index (χ3v) is 4.59. The fourth-order valence-corrected chi connectivity index (χ4v) is 3.26. The molecule has 0 radical (unpaired) electrons. The molecule has 6 heteroatoms. The molecule has 3 rings (SSSR count). The van der Waals surface area contributed by atoms with Crippen molar-refractivity contribution in [3.05, 3.63) is 5.89 Å². The van der Waals surface area contributed by atoms with E-state index in [1.54, 1.807) is 0 Å². The van der Waals surface area contributed by atoms with Gasteiger partial charge in [0.2, 0.25) is 5.89 Å². The van der Waals surface area contributed by atoms with Crippen molar-refractivity contribution in [3.63, 3.8) is 0 Å². The summed E-state index contributed by atoms with van der Waals surface area (Å²) in [5.41, 5.74) is -0.0898. The molecule has 1 atom stereocenters. The Morgan fingerprint density at radius 2 is 1.86 bits per heavy atom. The van der Waals surface area contributed by atoms with Crippen molar-refractivity contribution in [1.82, 2.24) is 15.0 Å². The summed E-state index contributed by atoms with van der Waals surface area (Å²) in [6.45, 7) is 13.4. The third kappa shape index (κ3) is 3.43. The van der Waals surface area contributed by atoms with Crippen LogP contribution in [0.1, 0.15) is 46.4 Å². The molecule has 2 fully saturated rings. The second-order valence-corrected chi connectivity index (χ2v) is 7.54. The van der Waals surface area contributed by atoms with E-state index in [4.69, 9.17) is 9.26 Å². The van der Waals surface area contributed by atoms with Gasteiger partial charge in [0, 0.05) is 37.6 Å². The van der Waals surface area contributed by atoms with E-state index in [0.717, 1.165) is 51.6 Å². The molecule has 2 aliphatic rings. The quantitative estimate of drug-likeness (QED) is 0.833. The van der Waals surface area contributed by atoms with Crippen LogP contribution >= 0.6 is 0 Å². The second kappa shape index (κ2) is 6.16. The van der Waals surface area contributed by atoms with Crippen molar-refractivity contribution in [2.45, 2.75) is 58.1 Å². The summed E-state index contributed by atoms with van der Waals surface area (Å²) in [4.78, 5) is 9.40. The van der Waals surface area contributed by atoms with Crippen LogP contribution in [0.4, 0.5) is 5.95 Å². The minimum atomic E-state index is -0.0898. The lowest BCUT2D eigenvalue weighted by Crippen LogP contribution is -2.51. The van der Waals surface area contributed by atoms with Gasteiger partial charge in [0.1, 0.15) is 0 Å². The molecule has 2 saturated heterocycles. The van der Waals surface area contributed by atoms with Gasteiger partial charge in [-0.05, 0) is 24.9 Å². The molecule has 0 saturated carbocycles. The maximum absolute atomic E-state index is 5.64. The van der Waals surface area contributed by atoms with Gasteiger partial charge in [-0.3, -0.25) is 4.90 Å². The lowest BCUT2D eigenvalue weighted by Gasteiger charge is -2.41. The lowest BCUT2D eigenvalue weighted by molar-refractivity contribution is -0.0374. The molecular weight excluding hydrogens is 280 g/mol. The first-order chi connectivity index (χ1) is 10.4. The maximum atomic E-state index is 5.64. The third-order valence-electron chi connectivity index (χ3n) is 4.59. The van der Waals surface area contributed by atoms with E-state index in [-0.39, 0.29) is 5.41 Å². The fourth-order valence-electron chi connectivity index (χ4n) is 3.26. The van der Waals surface area contributed by atoms with Crippen molar-refractivity contribution in [3.8, 4) is 0 Å². The number of ether oxygens (including phenoxy) is 1. The molecule has 124 valence electrons. The normalized spacial score (nSPS) is 25.6. The van der Waals surface area contributed by atoms with Gasteiger partial charge >= 0.3 is 0 Å². The van der Waals surface area contributed by atoms with E-state index in [0.29, 0.717) is 18.0 Å². The van der Waals surface area contributed by atoms with Crippen LogP contribution in [0.15, 0.2) is 4.52 Å². The molecule has 0 unspecified atom stereocenters. The highest BCUT2D eigenvalue weighted by Gasteiger charge is 2.30. The summed E-state index contributed by atoms with van der Waals surface area (Å²) in [5, 5.41) is 4.16. The smallest absolute Gasteiger partial charge is 0.266 e. The van der Waals surface area contributed by atoms with E-state index in [1.165, 1.54) is 0 Å². The number of hydrogen-bond donors (Lipinski definition) is 0. The molecular formula is C16H28N4O2. The number of anilines is 1. The number of piperidine rings is 1. The van der Waals surface area contributed by atoms with Crippen LogP contribution in [0.2, 0.25) is 0 Å². The van der Waals surface area contributed by atoms with Gasteiger partial charge in [0.05, 0.1) is 12.7 Å². The Bertz CT molecular complexity index is 489. The molecule has 0 spiro atoms. The predicted octanol–water partition coefficient (Wildman–Crippen LogP) is 2.06. The highest BCUT2D eigenvalue weighted by molar-refractivity contribution is 5.29. The van der Waals surface area contributed by atoms with E-state index in [2.05, 4.69) is 47.6 Å². The monoisotopic (exact) mass is 308 g/mol. The first-order valence-corrected chi connectivity index (χ1v) is 8.38. The SMILES string of the molecule is C[C@@H]1CN(C2CCN(c3noc(C(C)(C)C)n3)CC2)CCO1. The van der Waals surface area contributed by atoms with Crippen LogP contribution in [0.25, 0.3) is 0 Å². The maximum Gasteiger partial charge on any atom is 0.266 e. The van der Waals surface area contributed by atoms with Gasteiger partial charge in [-0.25, -0.2) is 0 Å². The summed E-state index contributed by atoms with van der Waals surface area (Å²) in [6, 6.07) is 0.664. The Morgan fingerprint density at radius 1 is 1.14 bits per heavy atom. The second-order valence-electron chi connectivity index (χ2n) is 7.54. The van der Waals surface area contributed by atoms with Crippen LogP contribution in [-0.2, 0) is 10.2 Å². The largest absolute Gasteiger partial charge is 0.376 e. The van der Waals surface area contributed by atoms with Crippen molar-refractivity contribution in [2.24, 2.45) is 0 Å².